The van der Waals surface area contributed by atoms with E-state index >= 15 is 0 Å². The minimum Gasteiger partial charge on any atom is -0.390 e. The van der Waals surface area contributed by atoms with Gasteiger partial charge in [0.2, 0.25) is 0 Å². The first kappa shape index (κ1) is 13.8. The predicted molar refractivity (Wildman–Crippen MR) is 76.4 cm³/mol. The smallest absolute Gasteiger partial charge is 0.104 e. The van der Waals surface area contributed by atoms with Gasteiger partial charge in [-0.1, -0.05) is 12.2 Å². The average Bonchev–Trinajstić information content (AvgIpc) is 2.29. The molecule has 0 radical (unpaired) electrons. The number of rotatable bonds is 2. The third-order valence-corrected chi connectivity index (χ3v) is 6.90. The quantitative estimate of drug-likeness (QED) is 0.760. The Morgan fingerprint density at radius 2 is 1.94 bits per heavy atom. The van der Waals surface area contributed by atoms with Crippen LogP contribution in [0.1, 0.15) is 33.1 Å². The van der Waals surface area contributed by atoms with Crippen molar-refractivity contribution in [3.05, 3.63) is 12.2 Å². The lowest BCUT2D eigenvalue weighted by Gasteiger charge is -2.40. The van der Waals surface area contributed by atoms with Crippen molar-refractivity contribution in [2.45, 2.75) is 48.9 Å². The van der Waals surface area contributed by atoms with Gasteiger partial charge in [0.1, 0.15) is 5.60 Å². The Bertz CT molecular complexity index is 292. The Balaban J connectivity index is 2.04. The maximum absolute atomic E-state index is 10.7. The molecule has 17 heavy (non-hydrogen) atoms. The van der Waals surface area contributed by atoms with E-state index in [1.54, 1.807) is 0 Å². The van der Waals surface area contributed by atoms with Gasteiger partial charge in [0.15, 0.2) is 0 Å². The minimum absolute atomic E-state index is 0.168. The van der Waals surface area contributed by atoms with E-state index in [9.17, 15) is 10.2 Å². The summed E-state index contributed by atoms with van der Waals surface area (Å²) in [5, 5.41) is 20.6. The number of hydrogen-bond acceptors (Lipinski definition) is 4. The molecule has 1 aliphatic heterocycles. The lowest BCUT2D eigenvalue weighted by molar-refractivity contribution is 0.0108. The normalized spacial score (nSPS) is 36.1. The largest absolute Gasteiger partial charge is 0.390 e. The molecule has 2 atom stereocenters. The van der Waals surface area contributed by atoms with Gasteiger partial charge >= 0.3 is 0 Å². The van der Waals surface area contributed by atoms with E-state index in [4.69, 9.17) is 0 Å². The molecule has 4 heteroatoms. The molecule has 2 rings (SSSR count). The van der Waals surface area contributed by atoms with Crippen LogP contribution in [0.25, 0.3) is 0 Å². The highest BCUT2D eigenvalue weighted by molar-refractivity contribution is 8.17. The first-order chi connectivity index (χ1) is 7.92. The molecule has 0 aromatic carbocycles. The van der Waals surface area contributed by atoms with Gasteiger partial charge in [0.05, 0.1) is 10.2 Å². The summed E-state index contributed by atoms with van der Waals surface area (Å²) in [6.45, 7) is 3.69. The van der Waals surface area contributed by atoms with Gasteiger partial charge in [0, 0.05) is 5.92 Å². The predicted octanol–water partition coefficient (Wildman–Crippen LogP) is 2.65. The maximum Gasteiger partial charge on any atom is 0.104 e. The molecular weight excluding hydrogens is 252 g/mol. The molecule has 2 unspecified atom stereocenters. The van der Waals surface area contributed by atoms with Crippen molar-refractivity contribution in [3.8, 4) is 0 Å². The van der Waals surface area contributed by atoms with Crippen molar-refractivity contribution in [2.24, 2.45) is 5.92 Å². The van der Waals surface area contributed by atoms with E-state index in [0.717, 1.165) is 24.3 Å². The van der Waals surface area contributed by atoms with E-state index in [2.05, 4.69) is 0 Å². The summed E-state index contributed by atoms with van der Waals surface area (Å²) < 4.78 is 0.273. The van der Waals surface area contributed by atoms with Gasteiger partial charge in [-0.3, -0.25) is 0 Å². The molecule has 0 aromatic rings. The van der Waals surface area contributed by atoms with E-state index in [0.29, 0.717) is 0 Å². The zero-order valence-electron chi connectivity index (χ0n) is 10.6. The fourth-order valence-corrected chi connectivity index (χ4v) is 5.58. The highest BCUT2D eigenvalue weighted by atomic mass is 32.2. The molecule has 0 spiro atoms. The highest BCUT2D eigenvalue weighted by Crippen LogP contribution is 2.44. The van der Waals surface area contributed by atoms with E-state index in [1.807, 2.05) is 49.5 Å². The van der Waals surface area contributed by atoms with Crippen LogP contribution in [0.5, 0.6) is 0 Å². The molecule has 2 aliphatic rings. The standard InChI is InChI=1S/C13H22O2S2/c1-12(2,14)10-4-6-13(15,7-5-10)11-16-8-3-9-17-11/h4,6,10-11,14-15H,3,5,7-9H2,1-2H3. The summed E-state index contributed by atoms with van der Waals surface area (Å²) in [6.07, 6.45) is 6.84. The third kappa shape index (κ3) is 3.22. The Labute approximate surface area is 112 Å². The van der Waals surface area contributed by atoms with Crippen LogP contribution < -0.4 is 0 Å². The second-order valence-electron chi connectivity index (χ2n) is 5.58. The number of hydrogen-bond donors (Lipinski definition) is 2. The van der Waals surface area contributed by atoms with Crippen LogP contribution in [0.4, 0.5) is 0 Å². The zero-order valence-corrected chi connectivity index (χ0v) is 12.2. The first-order valence-electron chi connectivity index (χ1n) is 6.29. The fraction of sp³-hybridized carbons (Fsp3) is 0.846. The van der Waals surface area contributed by atoms with Crippen LogP contribution in [0.3, 0.4) is 0 Å². The Morgan fingerprint density at radius 3 is 2.41 bits per heavy atom. The molecule has 0 bridgehead atoms. The molecule has 2 N–H and O–H groups in total. The minimum atomic E-state index is -0.676. The van der Waals surface area contributed by atoms with E-state index < -0.39 is 11.2 Å². The summed E-state index contributed by atoms with van der Waals surface area (Å²) in [5.41, 5.74) is -1.35. The van der Waals surface area contributed by atoms with Crippen molar-refractivity contribution >= 4 is 23.5 Å². The van der Waals surface area contributed by atoms with Crippen molar-refractivity contribution in [3.63, 3.8) is 0 Å². The SMILES string of the molecule is CC(C)(O)C1C=CC(O)(C2SCCCS2)CC1. The molecule has 2 nitrogen and oxygen atoms in total. The molecule has 0 amide bonds. The monoisotopic (exact) mass is 274 g/mol. The van der Waals surface area contributed by atoms with Crippen molar-refractivity contribution < 1.29 is 10.2 Å². The number of aliphatic hydroxyl groups is 2. The van der Waals surface area contributed by atoms with Gasteiger partial charge in [-0.25, -0.2) is 0 Å². The Morgan fingerprint density at radius 1 is 1.29 bits per heavy atom. The Kier molecular flexibility index (Phi) is 4.18. The summed E-state index contributed by atoms with van der Waals surface area (Å²) in [6, 6.07) is 0. The molecule has 98 valence electrons. The molecule has 1 saturated heterocycles. The lowest BCUT2D eigenvalue weighted by Crippen LogP contribution is -2.43. The van der Waals surface area contributed by atoms with Crippen LogP contribution in [-0.4, -0.2) is 37.5 Å². The average molecular weight is 274 g/mol. The summed E-state index contributed by atoms with van der Waals surface area (Å²) in [5.74, 6) is 2.48. The van der Waals surface area contributed by atoms with Gasteiger partial charge in [0.25, 0.3) is 0 Å². The van der Waals surface area contributed by atoms with E-state index in [1.165, 1.54) is 6.42 Å². The van der Waals surface area contributed by atoms with Gasteiger partial charge < -0.3 is 10.2 Å². The van der Waals surface area contributed by atoms with Crippen LogP contribution in [0.15, 0.2) is 12.2 Å². The van der Waals surface area contributed by atoms with Crippen molar-refractivity contribution in [2.75, 3.05) is 11.5 Å². The third-order valence-electron chi connectivity index (χ3n) is 3.62. The second-order valence-corrected chi connectivity index (χ2v) is 8.30. The molecule has 0 aromatic heterocycles. The molecular formula is C13H22O2S2. The van der Waals surface area contributed by atoms with Crippen LogP contribution in [-0.2, 0) is 0 Å². The first-order valence-corrected chi connectivity index (χ1v) is 8.39. The fourth-order valence-electron chi connectivity index (χ4n) is 2.41. The summed E-state index contributed by atoms with van der Waals surface area (Å²) >= 11 is 3.75. The summed E-state index contributed by atoms with van der Waals surface area (Å²) in [4.78, 5) is 0. The van der Waals surface area contributed by atoms with Crippen molar-refractivity contribution in [1.29, 1.82) is 0 Å². The molecule has 1 aliphatic carbocycles. The lowest BCUT2D eigenvalue weighted by atomic mass is 9.78. The maximum atomic E-state index is 10.7. The topological polar surface area (TPSA) is 40.5 Å². The molecule has 1 fully saturated rings. The van der Waals surface area contributed by atoms with Crippen LogP contribution >= 0.6 is 23.5 Å². The van der Waals surface area contributed by atoms with E-state index in [-0.39, 0.29) is 10.5 Å². The van der Waals surface area contributed by atoms with Crippen LogP contribution in [0.2, 0.25) is 0 Å². The van der Waals surface area contributed by atoms with Crippen LogP contribution in [0, 0.1) is 5.92 Å². The van der Waals surface area contributed by atoms with Gasteiger partial charge in [-0.2, -0.15) is 0 Å². The summed E-state index contributed by atoms with van der Waals surface area (Å²) in [7, 11) is 0. The molecule has 1 heterocycles. The van der Waals surface area contributed by atoms with Gasteiger partial charge in [-0.15, -0.1) is 23.5 Å². The highest BCUT2D eigenvalue weighted by Gasteiger charge is 2.40. The second kappa shape index (κ2) is 5.16. The zero-order chi connectivity index (χ0) is 12.5. The molecule has 0 saturated carbocycles. The van der Waals surface area contributed by atoms with Crippen molar-refractivity contribution in [1.82, 2.24) is 0 Å². The van der Waals surface area contributed by atoms with Gasteiger partial charge in [-0.05, 0) is 44.6 Å². The number of thioether (sulfide) groups is 2. The Hall–Kier alpha value is 0.360.